The Morgan fingerprint density at radius 2 is 1.85 bits per heavy atom. The number of nitrogens with one attached hydrogen (secondary N) is 1. The molecule has 112 valence electrons. The number of carbonyl (C=O) groups excluding carboxylic acids is 3. The van der Waals surface area contributed by atoms with Crippen LogP contribution in [0.1, 0.15) is 46.0 Å². The van der Waals surface area contributed by atoms with Crippen LogP contribution < -0.4 is 5.32 Å². The summed E-state index contributed by atoms with van der Waals surface area (Å²) in [6.07, 6.45) is 5.93. The third-order valence-corrected chi connectivity index (χ3v) is 4.03. The number of hydrogen-bond acceptors (Lipinski definition) is 4. The summed E-state index contributed by atoms with van der Waals surface area (Å²) in [5.41, 5.74) is -1.20. The van der Waals surface area contributed by atoms with Gasteiger partial charge in [-0.3, -0.25) is 19.8 Å². The van der Waals surface area contributed by atoms with Gasteiger partial charge in [-0.05, 0) is 26.7 Å². The molecule has 1 N–H and O–H groups in total. The van der Waals surface area contributed by atoms with Gasteiger partial charge in [0, 0.05) is 0 Å². The lowest BCUT2D eigenvalue weighted by atomic mass is 9.89. The van der Waals surface area contributed by atoms with Crippen molar-refractivity contribution in [1.82, 2.24) is 10.2 Å². The molecule has 1 saturated heterocycles. The van der Waals surface area contributed by atoms with Gasteiger partial charge in [-0.15, -0.1) is 0 Å². The highest BCUT2D eigenvalue weighted by molar-refractivity contribution is 6.18. The molecule has 1 aliphatic carbocycles. The van der Waals surface area contributed by atoms with E-state index in [1.807, 2.05) is 0 Å². The van der Waals surface area contributed by atoms with Crippen LogP contribution >= 0.6 is 0 Å². The van der Waals surface area contributed by atoms with Gasteiger partial charge in [-0.1, -0.05) is 19.3 Å². The van der Waals surface area contributed by atoms with E-state index in [-0.39, 0.29) is 12.6 Å². The number of imide groups is 2. The summed E-state index contributed by atoms with van der Waals surface area (Å²) in [5.74, 6) is -1.00. The van der Waals surface area contributed by atoms with Crippen LogP contribution in [0.2, 0.25) is 0 Å². The second kappa shape index (κ2) is 5.91. The maximum atomic E-state index is 12.1. The molecule has 1 saturated carbocycles. The highest BCUT2D eigenvalue weighted by Crippen LogP contribution is 2.24. The Morgan fingerprint density at radius 1 is 1.20 bits per heavy atom. The zero-order valence-corrected chi connectivity index (χ0v) is 12.1. The van der Waals surface area contributed by atoms with Crippen molar-refractivity contribution in [3.63, 3.8) is 0 Å². The topological polar surface area (TPSA) is 75.7 Å². The summed E-state index contributed by atoms with van der Waals surface area (Å²) in [7, 11) is 0. The van der Waals surface area contributed by atoms with Gasteiger partial charge < -0.3 is 4.74 Å². The molecule has 0 aromatic rings. The van der Waals surface area contributed by atoms with Crippen molar-refractivity contribution in [3.05, 3.63) is 0 Å². The number of ether oxygens (including phenoxy) is 1. The van der Waals surface area contributed by atoms with Crippen LogP contribution in [0.25, 0.3) is 0 Å². The molecule has 0 aromatic heterocycles. The zero-order valence-electron chi connectivity index (χ0n) is 12.1. The second-order valence-electron chi connectivity index (χ2n) is 5.97. The molecular formula is C14H22N2O4. The first kappa shape index (κ1) is 15.0. The van der Waals surface area contributed by atoms with E-state index in [1.54, 1.807) is 0 Å². The summed E-state index contributed by atoms with van der Waals surface area (Å²) in [6, 6.07) is -0.647. The van der Waals surface area contributed by atoms with Crippen molar-refractivity contribution in [2.45, 2.75) is 52.1 Å². The Labute approximate surface area is 118 Å². The molecule has 0 radical (unpaired) electrons. The number of urea groups is 1. The van der Waals surface area contributed by atoms with Crippen molar-refractivity contribution in [1.29, 1.82) is 0 Å². The molecule has 6 nitrogen and oxygen atoms in total. The molecule has 0 spiro atoms. The summed E-state index contributed by atoms with van der Waals surface area (Å²) in [5, 5.41) is 2.21. The number of rotatable bonds is 4. The van der Waals surface area contributed by atoms with Gasteiger partial charge in [0.2, 0.25) is 11.8 Å². The zero-order chi connectivity index (χ0) is 14.8. The lowest BCUT2D eigenvalue weighted by Gasteiger charge is -2.34. The van der Waals surface area contributed by atoms with Crippen LogP contribution in [0.4, 0.5) is 4.79 Å². The average Bonchev–Trinajstić information content (AvgIpc) is 2.42. The Balaban J connectivity index is 1.86. The van der Waals surface area contributed by atoms with Crippen molar-refractivity contribution < 1.29 is 19.1 Å². The van der Waals surface area contributed by atoms with Crippen LogP contribution in [0.5, 0.6) is 0 Å². The van der Waals surface area contributed by atoms with Gasteiger partial charge >= 0.3 is 6.03 Å². The molecule has 2 rings (SSSR count). The van der Waals surface area contributed by atoms with Gasteiger partial charge in [0.05, 0.1) is 19.3 Å². The first-order valence-electron chi connectivity index (χ1n) is 7.22. The molecule has 0 bridgehead atoms. The Kier molecular flexibility index (Phi) is 4.42. The maximum Gasteiger partial charge on any atom is 0.330 e. The minimum Gasteiger partial charge on any atom is -0.376 e. The standard InChI is InChI=1S/C14H22N2O4/c1-14(2)11(17)15-13(19)16(12(14)18)8-9-20-10-6-4-3-5-7-10/h10H,3-9H2,1-2H3,(H,15,17,19). The summed E-state index contributed by atoms with van der Waals surface area (Å²) < 4.78 is 5.72. The first-order chi connectivity index (χ1) is 9.43. The van der Waals surface area contributed by atoms with Crippen LogP contribution in [-0.2, 0) is 14.3 Å². The minimum atomic E-state index is -1.20. The van der Waals surface area contributed by atoms with Crippen molar-refractivity contribution >= 4 is 17.8 Å². The Morgan fingerprint density at radius 3 is 2.50 bits per heavy atom. The van der Waals surface area contributed by atoms with Crippen LogP contribution in [-0.4, -0.2) is 42.0 Å². The smallest absolute Gasteiger partial charge is 0.330 e. The van der Waals surface area contributed by atoms with Crippen LogP contribution in [0.15, 0.2) is 0 Å². The van der Waals surface area contributed by atoms with Crippen LogP contribution in [0.3, 0.4) is 0 Å². The van der Waals surface area contributed by atoms with Crippen molar-refractivity contribution in [2.75, 3.05) is 13.2 Å². The molecule has 0 aromatic carbocycles. The third-order valence-electron chi connectivity index (χ3n) is 4.03. The molecule has 0 unspecified atom stereocenters. The fourth-order valence-electron chi connectivity index (χ4n) is 2.59. The first-order valence-corrected chi connectivity index (χ1v) is 7.22. The molecule has 1 heterocycles. The monoisotopic (exact) mass is 282 g/mol. The summed E-state index contributed by atoms with van der Waals surface area (Å²) >= 11 is 0. The molecular weight excluding hydrogens is 260 g/mol. The fourth-order valence-corrected chi connectivity index (χ4v) is 2.59. The van der Waals surface area contributed by atoms with Gasteiger partial charge in [-0.25, -0.2) is 4.79 Å². The van der Waals surface area contributed by atoms with Crippen LogP contribution in [0, 0.1) is 5.41 Å². The fraction of sp³-hybridized carbons (Fsp3) is 0.786. The number of carbonyl (C=O) groups is 3. The third kappa shape index (κ3) is 3.00. The quantitative estimate of drug-likeness (QED) is 0.792. The largest absolute Gasteiger partial charge is 0.376 e. The maximum absolute atomic E-state index is 12.1. The number of barbiturate groups is 1. The molecule has 20 heavy (non-hydrogen) atoms. The Hall–Kier alpha value is -1.43. The van der Waals surface area contributed by atoms with Gasteiger partial charge in [0.25, 0.3) is 0 Å². The molecule has 0 atom stereocenters. The average molecular weight is 282 g/mol. The van der Waals surface area contributed by atoms with E-state index >= 15 is 0 Å². The lowest BCUT2D eigenvalue weighted by Crippen LogP contribution is -2.62. The SMILES string of the molecule is CC1(C)C(=O)NC(=O)N(CCOC2CCCCC2)C1=O. The Bertz CT molecular complexity index is 413. The van der Waals surface area contributed by atoms with E-state index in [9.17, 15) is 14.4 Å². The predicted octanol–water partition coefficient (Wildman–Crippen LogP) is 1.44. The highest BCUT2D eigenvalue weighted by atomic mass is 16.5. The van der Waals surface area contributed by atoms with E-state index < -0.39 is 23.3 Å². The van der Waals surface area contributed by atoms with Crippen molar-refractivity contribution in [3.8, 4) is 0 Å². The van der Waals surface area contributed by atoms with E-state index in [0.717, 1.165) is 17.7 Å². The normalized spacial score (nSPS) is 23.9. The van der Waals surface area contributed by atoms with E-state index in [4.69, 9.17) is 4.74 Å². The van der Waals surface area contributed by atoms with E-state index in [1.165, 1.54) is 33.1 Å². The molecule has 1 aliphatic heterocycles. The summed E-state index contributed by atoms with van der Waals surface area (Å²) in [6.45, 7) is 3.56. The minimum absolute atomic E-state index is 0.192. The van der Waals surface area contributed by atoms with Crippen molar-refractivity contribution in [2.24, 2.45) is 5.41 Å². The van der Waals surface area contributed by atoms with E-state index in [2.05, 4.69) is 5.32 Å². The molecule has 2 fully saturated rings. The second-order valence-corrected chi connectivity index (χ2v) is 5.97. The molecule has 4 amide bonds. The molecule has 6 heteroatoms. The number of nitrogens with zero attached hydrogens (tertiary/aromatic N) is 1. The number of hydrogen-bond donors (Lipinski definition) is 1. The van der Waals surface area contributed by atoms with Gasteiger partial charge in [-0.2, -0.15) is 0 Å². The van der Waals surface area contributed by atoms with Gasteiger partial charge in [0.15, 0.2) is 0 Å². The lowest BCUT2D eigenvalue weighted by molar-refractivity contribution is -0.149. The molecule has 2 aliphatic rings. The predicted molar refractivity (Wildman–Crippen MR) is 71.9 cm³/mol. The van der Waals surface area contributed by atoms with Gasteiger partial charge in [0.1, 0.15) is 5.41 Å². The number of amides is 4. The van der Waals surface area contributed by atoms with E-state index in [0.29, 0.717) is 6.61 Å². The summed E-state index contributed by atoms with van der Waals surface area (Å²) in [4.78, 5) is 36.5. The highest BCUT2D eigenvalue weighted by Gasteiger charge is 2.46.